The molecule has 1 saturated heterocycles. The molecule has 0 amide bonds. The van der Waals surface area contributed by atoms with E-state index < -0.39 is 0 Å². The normalized spacial score (nSPS) is 18.5. The van der Waals surface area contributed by atoms with Gasteiger partial charge in [0, 0.05) is 23.6 Å². The number of halogens is 2. The fourth-order valence-electron chi connectivity index (χ4n) is 2.56. The van der Waals surface area contributed by atoms with Gasteiger partial charge in [-0.1, -0.05) is 30.2 Å². The Hall–Kier alpha value is -0.0900. The van der Waals surface area contributed by atoms with Crippen molar-refractivity contribution in [2.45, 2.75) is 38.8 Å². The Morgan fingerprint density at radius 1 is 1.32 bits per heavy atom. The Morgan fingerprint density at radius 2 is 2.05 bits per heavy atom. The average molecular weight is 346 g/mol. The molecule has 106 valence electrons. The highest BCUT2D eigenvalue weighted by Gasteiger charge is 2.13. The van der Waals surface area contributed by atoms with Crippen LogP contribution in [0.5, 0.6) is 0 Å². The van der Waals surface area contributed by atoms with Crippen LogP contribution in [0.2, 0.25) is 5.02 Å². The van der Waals surface area contributed by atoms with E-state index in [4.69, 9.17) is 11.6 Å². The minimum absolute atomic E-state index is 0.494. The SMILES string of the molecule is CC(CN1CCCCC1)NCc1cccc(Br)c1Cl. The third kappa shape index (κ3) is 4.75. The maximum absolute atomic E-state index is 6.27. The second-order valence-corrected chi connectivity index (χ2v) is 6.59. The van der Waals surface area contributed by atoms with Gasteiger partial charge in [0.15, 0.2) is 0 Å². The van der Waals surface area contributed by atoms with Gasteiger partial charge in [-0.3, -0.25) is 0 Å². The van der Waals surface area contributed by atoms with Gasteiger partial charge >= 0.3 is 0 Å². The lowest BCUT2D eigenvalue weighted by Crippen LogP contribution is -2.41. The highest BCUT2D eigenvalue weighted by atomic mass is 79.9. The summed E-state index contributed by atoms with van der Waals surface area (Å²) >= 11 is 9.74. The van der Waals surface area contributed by atoms with Crippen molar-refractivity contribution in [2.75, 3.05) is 19.6 Å². The summed E-state index contributed by atoms with van der Waals surface area (Å²) in [5.41, 5.74) is 1.15. The zero-order valence-corrected chi connectivity index (χ0v) is 13.8. The molecule has 0 radical (unpaired) electrons. The standard InChI is InChI=1S/C15H22BrClN2/c1-12(11-19-8-3-2-4-9-19)18-10-13-6-5-7-14(16)15(13)17/h5-7,12,18H,2-4,8-11H2,1H3. The Labute approximate surface area is 129 Å². The molecule has 0 spiro atoms. The fraction of sp³-hybridized carbons (Fsp3) is 0.600. The Balaban J connectivity index is 1.79. The van der Waals surface area contributed by atoms with E-state index in [1.807, 2.05) is 12.1 Å². The number of nitrogens with zero attached hydrogens (tertiary/aromatic N) is 1. The van der Waals surface area contributed by atoms with Crippen LogP contribution in [0.4, 0.5) is 0 Å². The van der Waals surface area contributed by atoms with Crippen LogP contribution in [0.3, 0.4) is 0 Å². The van der Waals surface area contributed by atoms with Crippen molar-refractivity contribution in [1.29, 1.82) is 0 Å². The van der Waals surface area contributed by atoms with E-state index >= 15 is 0 Å². The van der Waals surface area contributed by atoms with Gasteiger partial charge in [-0.15, -0.1) is 0 Å². The van der Waals surface area contributed by atoms with Gasteiger partial charge < -0.3 is 10.2 Å². The van der Waals surface area contributed by atoms with Crippen LogP contribution in [0.15, 0.2) is 22.7 Å². The molecule has 1 aromatic rings. The first-order chi connectivity index (χ1) is 9.16. The first kappa shape index (κ1) is 15.3. The summed E-state index contributed by atoms with van der Waals surface area (Å²) < 4.78 is 0.970. The minimum atomic E-state index is 0.494. The van der Waals surface area contributed by atoms with Crippen molar-refractivity contribution in [2.24, 2.45) is 0 Å². The fourth-order valence-corrected chi connectivity index (χ4v) is 3.16. The van der Waals surface area contributed by atoms with Gasteiger partial charge in [0.05, 0.1) is 5.02 Å². The van der Waals surface area contributed by atoms with Crippen LogP contribution in [-0.4, -0.2) is 30.6 Å². The van der Waals surface area contributed by atoms with Gasteiger partial charge in [0.25, 0.3) is 0 Å². The van der Waals surface area contributed by atoms with E-state index in [1.165, 1.54) is 32.4 Å². The van der Waals surface area contributed by atoms with Crippen LogP contribution >= 0.6 is 27.5 Å². The summed E-state index contributed by atoms with van der Waals surface area (Å²) in [4.78, 5) is 2.56. The highest BCUT2D eigenvalue weighted by Crippen LogP contribution is 2.25. The summed E-state index contributed by atoms with van der Waals surface area (Å²) in [5.74, 6) is 0. The van der Waals surface area contributed by atoms with Crippen molar-refractivity contribution in [3.8, 4) is 0 Å². The molecule has 1 N–H and O–H groups in total. The average Bonchev–Trinajstić information content (AvgIpc) is 2.42. The highest BCUT2D eigenvalue weighted by molar-refractivity contribution is 9.10. The molecular weight excluding hydrogens is 324 g/mol. The van der Waals surface area contributed by atoms with E-state index in [9.17, 15) is 0 Å². The maximum Gasteiger partial charge on any atom is 0.0592 e. The molecule has 2 rings (SSSR count). The molecule has 0 saturated carbocycles. The van der Waals surface area contributed by atoms with Crippen molar-refractivity contribution < 1.29 is 0 Å². The third-order valence-corrected chi connectivity index (χ3v) is 4.99. The summed E-state index contributed by atoms with van der Waals surface area (Å²) in [6.45, 7) is 6.71. The summed E-state index contributed by atoms with van der Waals surface area (Å²) in [5, 5.41) is 4.39. The van der Waals surface area contributed by atoms with E-state index in [-0.39, 0.29) is 0 Å². The number of benzene rings is 1. The molecule has 1 unspecified atom stereocenters. The molecule has 1 aliphatic rings. The van der Waals surface area contributed by atoms with E-state index in [0.29, 0.717) is 6.04 Å². The Morgan fingerprint density at radius 3 is 2.79 bits per heavy atom. The molecule has 1 aromatic carbocycles. The molecule has 0 aliphatic carbocycles. The van der Waals surface area contributed by atoms with Crippen LogP contribution in [0, 0.1) is 0 Å². The van der Waals surface area contributed by atoms with E-state index in [1.54, 1.807) is 0 Å². The van der Waals surface area contributed by atoms with Gasteiger partial charge in [0.1, 0.15) is 0 Å². The Bertz CT molecular complexity index is 405. The molecule has 4 heteroatoms. The Kier molecular flexibility index (Phi) is 6.14. The molecular formula is C15H22BrClN2. The van der Waals surface area contributed by atoms with Crippen LogP contribution < -0.4 is 5.32 Å². The number of hydrogen-bond acceptors (Lipinski definition) is 2. The molecule has 1 fully saturated rings. The topological polar surface area (TPSA) is 15.3 Å². The number of hydrogen-bond donors (Lipinski definition) is 1. The van der Waals surface area contributed by atoms with Crippen LogP contribution in [0.1, 0.15) is 31.7 Å². The van der Waals surface area contributed by atoms with Crippen molar-refractivity contribution in [3.63, 3.8) is 0 Å². The van der Waals surface area contributed by atoms with Crippen molar-refractivity contribution in [1.82, 2.24) is 10.2 Å². The molecule has 1 heterocycles. The van der Waals surface area contributed by atoms with Gasteiger partial charge in [-0.05, 0) is 60.4 Å². The molecule has 1 atom stereocenters. The predicted molar refractivity (Wildman–Crippen MR) is 85.7 cm³/mol. The first-order valence-electron chi connectivity index (χ1n) is 7.05. The zero-order chi connectivity index (χ0) is 13.7. The largest absolute Gasteiger partial charge is 0.309 e. The first-order valence-corrected chi connectivity index (χ1v) is 8.22. The lowest BCUT2D eigenvalue weighted by Gasteiger charge is -2.29. The van der Waals surface area contributed by atoms with Crippen molar-refractivity contribution in [3.05, 3.63) is 33.3 Å². The lowest BCUT2D eigenvalue weighted by atomic mass is 10.1. The second kappa shape index (κ2) is 7.63. The summed E-state index contributed by atoms with van der Waals surface area (Å²) in [6, 6.07) is 6.58. The zero-order valence-electron chi connectivity index (χ0n) is 11.5. The number of rotatable bonds is 5. The van der Waals surface area contributed by atoms with Crippen LogP contribution in [0.25, 0.3) is 0 Å². The van der Waals surface area contributed by atoms with Gasteiger partial charge in [-0.25, -0.2) is 0 Å². The molecule has 0 aromatic heterocycles. The second-order valence-electron chi connectivity index (χ2n) is 5.36. The number of nitrogens with one attached hydrogen (secondary N) is 1. The number of piperidine rings is 1. The predicted octanol–water partition coefficient (Wildman–Crippen LogP) is 4.07. The van der Waals surface area contributed by atoms with Gasteiger partial charge in [0.2, 0.25) is 0 Å². The molecule has 19 heavy (non-hydrogen) atoms. The third-order valence-electron chi connectivity index (χ3n) is 3.65. The lowest BCUT2D eigenvalue weighted by molar-refractivity contribution is 0.209. The van der Waals surface area contributed by atoms with Crippen LogP contribution in [-0.2, 0) is 6.54 Å². The summed E-state index contributed by atoms with van der Waals surface area (Å²) in [6.07, 6.45) is 4.10. The van der Waals surface area contributed by atoms with Gasteiger partial charge in [-0.2, -0.15) is 0 Å². The quantitative estimate of drug-likeness (QED) is 0.865. The minimum Gasteiger partial charge on any atom is -0.309 e. The number of likely N-dealkylation sites (tertiary alicyclic amines) is 1. The smallest absolute Gasteiger partial charge is 0.0592 e. The summed E-state index contributed by atoms with van der Waals surface area (Å²) in [7, 11) is 0. The van der Waals surface area contributed by atoms with E-state index in [0.717, 1.165) is 28.1 Å². The molecule has 0 bridgehead atoms. The molecule has 2 nitrogen and oxygen atoms in total. The van der Waals surface area contributed by atoms with Crippen molar-refractivity contribution >= 4 is 27.5 Å². The monoisotopic (exact) mass is 344 g/mol. The maximum atomic E-state index is 6.27. The molecule has 1 aliphatic heterocycles. The van der Waals surface area contributed by atoms with E-state index in [2.05, 4.69) is 39.1 Å².